The molecule has 4 heterocycles. The molecule has 2 aliphatic heterocycles. The quantitative estimate of drug-likeness (QED) is 0.0133. The monoisotopic (exact) mass is 1210 g/mol. The maximum absolute atomic E-state index is 14.5. The average molecular weight is 1210 g/mol. The van der Waals surface area contributed by atoms with E-state index in [1.165, 1.54) is 55.5 Å². The Hall–Kier alpha value is -9.61. The number of aromatic hydroxyl groups is 1. The lowest BCUT2D eigenvalue weighted by Gasteiger charge is -2.32. The van der Waals surface area contributed by atoms with Crippen molar-refractivity contribution in [1.82, 2.24) is 73.0 Å². The van der Waals surface area contributed by atoms with Crippen LogP contribution in [0.15, 0.2) is 67.3 Å². The molecular weight excluding hydrogens is 1130 g/mol. The molecule has 2 aromatic heterocycles. The van der Waals surface area contributed by atoms with Crippen LogP contribution in [0, 0.1) is 11.3 Å². The van der Waals surface area contributed by atoms with Crippen LogP contribution >= 0.6 is 0 Å². The predicted molar refractivity (Wildman–Crippen MR) is 314 cm³/mol. The van der Waals surface area contributed by atoms with Gasteiger partial charge in [0.2, 0.25) is 65.0 Å². The number of rotatable bonds is 31. The molecule has 0 spiro atoms. The number of para-hydroxylation sites is 1. The summed E-state index contributed by atoms with van der Waals surface area (Å²) in [5.74, 6) is -9.10. The number of amides is 11. The number of nitrogens with one attached hydrogen (secondary N) is 13. The van der Waals surface area contributed by atoms with Crippen LogP contribution in [0.3, 0.4) is 0 Å². The van der Waals surface area contributed by atoms with Crippen molar-refractivity contribution < 1.29 is 63.0 Å². The fraction of sp³-hybridized carbons (Fsp3) is 0.491. The number of aromatic amines is 2. The molecule has 8 atom stereocenters. The van der Waals surface area contributed by atoms with E-state index in [4.69, 9.17) is 16.9 Å². The van der Waals surface area contributed by atoms with Gasteiger partial charge in [-0.3, -0.25) is 58.1 Å². The van der Waals surface area contributed by atoms with Crippen molar-refractivity contribution >= 4 is 81.8 Å². The van der Waals surface area contributed by atoms with Crippen molar-refractivity contribution in [3.05, 3.63) is 84.1 Å². The number of primary amides is 1. The van der Waals surface area contributed by atoms with Gasteiger partial charge in [-0.1, -0.05) is 44.2 Å². The molecule has 30 heteroatoms. The summed E-state index contributed by atoms with van der Waals surface area (Å²) in [5, 5.41) is 55.1. The Kier molecular flexibility index (Phi) is 23.7. The summed E-state index contributed by atoms with van der Waals surface area (Å²) < 4.78 is 0. The lowest BCUT2D eigenvalue weighted by molar-refractivity contribution is -0.142. The first-order valence-electron chi connectivity index (χ1n) is 28.6. The van der Waals surface area contributed by atoms with E-state index in [2.05, 4.69) is 68.1 Å². The van der Waals surface area contributed by atoms with Gasteiger partial charge in [-0.15, -0.1) is 0 Å². The lowest BCUT2D eigenvalue weighted by atomic mass is 9.98. The number of aromatic nitrogens is 3. The van der Waals surface area contributed by atoms with Gasteiger partial charge in [0.25, 0.3) is 0 Å². The number of aliphatic hydroxyl groups excluding tert-OH is 1. The number of hydrogen-bond donors (Lipinski definition) is 17. The molecule has 87 heavy (non-hydrogen) atoms. The zero-order valence-corrected chi connectivity index (χ0v) is 48.9. The maximum atomic E-state index is 14.5. The van der Waals surface area contributed by atoms with Gasteiger partial charge in [0.1, 0.15) is 59.6 Å². The van der Waals surface area contributed by atoms with Crippen molar-refractivity contribution in [2.75, 3.05) is 26.2 Å². The summed E-state index contributed by atoms with van der Waals surface area (Å²) in [7, 11) is 0. The normalized spacial score (nSPS) is 16.9. The summed E-state index contributed by atoms with van der Waals surface area (Å²) >= 11 is 0. The number of H-pyrrole nitrogens is 2. The van der Waals surface area contributed by atoms with E-state index >= 15 is 0 Å². The minimum atomic E-state index is -1.85. The zero-order chi connectivity index (χ0) is 63.5. The van der Waals surface area contributed by atoms with Crippen molar-refractivity contribution in [1.29, 1.82) is 5.41 Å². The highest BCUT2D eigenvalue weighted by Gasteiger charge is 2.41. The molecule has 0 unspecified atom stereocenters. The third-order valence-corrected chi connectivity index (χ3v) is 14.7. The SMILES string of the molecule is CC(C)C[C@H](NC(=O)C(C)(C)NC(=O)[C@H](Cc1ccc(O)cc1)NC(=O)[C@H](CO)NC(=O)[C@H](Cc1c[nH]c2ccccc12)NC(=O)[C@H](Cc1c[nH]cn1)NC(=O)[C@@H]1CCC(=O)N1)C(=O)N[C@@H](CCCNC(=N)N)C(=O)N1CCC[C@H]1C(=O)NCC(N)=O. The topological polar surface area (TPSA) is 472 Å². The number of phenols is 1. The van der Waals surface area contributed by atoms with E-state index in [1.54, 1.807) is 44.3 Å². The van der Waals surface area contributed by atoms with Gasteiger partial charge in [0.15, 0.2) is 5.96 Å². The van der Waals surface area contributed by atoms with Crippen LogP contribution in [0.25, 0.3) is 10.9 Å². The number of nitrogens with zero attached hydrogens (tertiary/aromatic N) is 2. The number of likely N-dealkylation sites (tertiary alicyclic amines) is 1. The largest absolute Gasteiger partial charge is 0.508 e. The van der Waals surface area contributed by atoms with Crippen LogP contribution in [0.2, 0.25) is 0 Å². The van der Waals surface area contributed by atoms with Gasteiger partial charge in [0, 0.05) is 62.1 Å². The summed E-state index contributed by atoms with van der Waals surface area (Å²) in [6.07, 6.45) is 5.22. The van der Waals surface area contributed by atoms with E-state index in [-0.39, 0.29) is 94.4 Å². The van der Waals surface area contributed by atoms with Crippen LogP contribution in [0.1, 0.15) is 89.5 Å². The smallest absolute Gasteiger partial charge is 0.245 e. The van der Waals surface area contributed by atoms with E-state index in [0.29, 0.717) is 34.1 Å². The highest BCUT2D eigenvalue weighted by atomic mass is 16.3. The summed E-state index contributed by atoms with van der Waals surface area (Å²) in [5.41, 5.74) is 10.9. The zero-order valence-electron chi connectivity index (χ0n) is 48.9. The molecule has 0 aliphatic carbocycles. The third-order valence-electron chi connectivity index (χ3n) is 14.7. The van der Waals surface area contributed by atoms with Gasteiger partial charge in [-0.05, 0) is 87.6 Å². The highest BCUT2D eigenvalue weighted by molar-refractivity contribution is 6.00. The second-order valence-electron chi connectivity index (χ2n) is 22.5. The Bertz CT molecular complexity index is 3130. The number of fused-ring (bicyclic) bond motifs is 1. The van der Waals surface area contributed by atoms with E-state index in [0.717, 1.165) is 0 Å². The minimum absolute atomic E-state index is 0.0105. The number of imidazole rings is 1. The average Bonchev–Trinajstić information content (AvgIpc) is 3.11. The number of carbonyl (C=O) groups excluding carboxylic acids is 11. The van der Waals surface area contributed by atoms with Crippen LogP contribution in [-0.4, -0.2) is 181 Å². The second-order valence-corrected chi connectivity index (χ2v) is 22.5. The van der Waals surface area contributed by atoms with E-state index in [1.807, 2.05) is 0 Å². The first-order valence-corrected chi connectivity index (χ1v) is 28.6. The molecule has 4 aromatic rings. The van der Waals surface area contributed by atoms with Crippen molar-refractivity contribution in [2.24, 2.45) is 17.4 Å². The molecule has 470 valence electrons. The molecule has 30 nitrogen and oxygen atoms in total. The molecule has 0 saturated carbocycles. The third kappa shape index (κ3) is 19.5. The van der Waals surface area contributed by atoms with Gasteiger partial charge in [0.05, 0.1) is 25.2 Å². The standard InChI is InChI=1S/C57H79N17O13/c1-30(2)21-39(48(80)67-38(11-7-19-62-56(59)60)54(86)74-20-8-12-44(74)53(85)64-27-45(58)77)72-55(87)57(3,4)73-52(84)40(22-31-13-15-34(76)16-14-31)68-51(83)43(28-75)71-49(81)41(23-32-25-63-36-10-6-5-9-35(32)36)69-50(82)42(24-33-26-61-29-65-33)70-47(79)37-17-18-46(78)66-37/h5-6,9-10,13-16,25-26,29-30,37-44,63,75-76H,7-8,11-12,17-24,27-28H2,1-4H3,(H2,58,77)(H,61,65)(H,64,85)(H,66,78)(H,67,80)(H,68,83)(H,69,82)(H,70,79)(H,71,81)(H,72,87)(H,73,84)(H4,59,60,62)/t37-,38-,39-,40-,41-,42-,43-,44-/m0/s1. The van der Waals surface area contributed by atoms with Crippen molar-refractivity contribution in [2.45, 2.75) is 146 Å². The molecule has 19 N–H and O–H groups in total. The Morgan fingerprint density at radius 2 is 1.40 bits per heavy atom. The number of phenolic OH excluding ortho intramolecular Hbond substituents is 1. The van der Waals surface area contributed by atoms with E-state index in [9.17, 15) is 63.0 Å². The number of carbonyl (C=O) groups is 11. The fourth-order valence-electron chi connectivity index (χ4n) is 10.1. The van der Waals surface area contributed by atoms with Crippen molar-refractivity contribution in [3.63, 3.8) is 0 Å². The summed E-state index contributed by atoms with van der Waals surface area (Å²) in [4.78, 5) is 162. The van der Waals surface area contributed by atoms with Crippen LogP contribution in [0.5, 0.6) is 5.75 Å². The Labute approximate surface area is 500 Å². The van der Waals surface area contributed by atoms with Crippen LogP contribution in [0.4, 0.5) is 0 Å². The van der Waals surface area contributed by atoms with Crippen molar-refractivity contribution in [3.8, 4) is 5.75 Å². The Morgan fingerprint density at radius 3 is 2.03 bits per heavy atom. The molecule has 2 aliphatic rings. The van der Waals surface area contributed by atoms with Gasteiger partial charge >= 0.3 is 0 Å². The summed E-state index contributed by atoms with van der Waals surface area (Å²) in [6, 6.07) is 2.22. The molecule has 2 fully saturated rings. The molecule has 11 amide bonds. The van der Waals surface area contributed by atoms with E-state index < -0.39 is 126 Å². The molecule has 2 aromatic carbocycles. The number of benzene rings is 2. The van der Waals surface area contributed by atoms with Gasteiger partial charge in [-0.25, -0.2) is 4.98 Å². The number of hydrogen-bond acceptors (Lipinski definition) is 15. The number of nitrogens with two attached hydrogens (primary N) is 2. The highest BCUT2D eigenvalue weighted by Crippen LogP contribution is 2.22. The van der Waals surface area contributed by atoms with Crippen LogP contribution in [-0.2, 0) is 72.0 Å². The Balaban J connectivity index is 1.19. The number of guanidine groups is 1. The molecule has 6 rings (SSSR count). The molecule has 0 bridgehead atoms. The minimum Gasteiger partial charge on any atom is -0.508 e. The maximum Gasteiger partial charge on any atom is 0.245 e. The second kappa shape index (κ2) is 31.0. The fourth-order valence-corrected chi connectivity index (χ4v) is 10.1. The lowest BCUT2D eigenvalue weighted by Crippen LogP contribution is -2.64. The summed E-state index contributed by atoms with van der Waals surface area (Å²) in [6.45, 7) is 5.08. The van der Waals surface area contributed by atoms with Gasteiger partial charge < -0.3 is 89.7 Å². The number of aliphatic hydroxyl groups is 1. The Morgan fingerprint density at radius 1 is 0.759 bits per heavy atom. The first-order chi connectivity index (χ1) is 41.3. The molecular formula is C57H79N17O13. The first kappa shape index (κ1) is 66.5. The predicted octanol–water partition coefficient (Wildman–Crippen LogP) is -3.40. The van der Waals surface area contributed by atoms with Crippen LogP contribution < -0.4 is 64.6 Å². The molecule has 0 radical (unpaired) electrons. The molecule has 2 saturated heterocycles. The van der Waals surface area contributed by atoms with Gasteiger partial charge in [-0.2, -0.15) is 0 Å².